The van der Waals surface area contributed by atoms with Gasteiger partial charge in [0.25, 0.3) is 0 Å². The van der Waals surface area contributed by atoms with Crippen molar-refractivity contribution < 1.29 is 8.42 Å². The second-order valence-electron chi connectivity index (χ2n) is 4.31. The molecule has 3 nitrogen and oxygen atoms in total. The fourth-order valence-electron chi connectivity index (χ4n) is 1.68. The van der Waals surface area contributed by atoms with E-state index in [4.69, 9.17) is 23.2 Å². The molecule has 20 heavy (non-hydrogen) atoms. The van der Waals surface area contributed by atoms with Crippen LogP contribution in [0.5, 0.6) is 0 Å². The van der Waals surface area contributed by atoms with Crippen molar-refractivity contribution in [3.63, 3.8) is 0 Å². The molecule has 0 amide bonds. The van der Waals surface area contributed by atoms with Gasteiger partial charge in [-0.2, -0.15) is 11.3 Å². The van der Waals surface area contributed by atoms with Gasteiger partial charge in [-0.15, -0.1) is 0 Å². The second kappa shape index (κ2) is 6.45. The molecule has 1 aromatic heterocycles. The zero-order valence-corrected chi connectivity index (χ0v) is 13.8. The van der Waals surface area contributed by atoms with E-state index in [2.05, 4.69) is 4.72 Å². The van der Waals surface area contributed by atoms with E-state index in [0.29, 0.717) is 23.6 Å². The Morgan fingerprint density at radius 2 is 2.00 bits per heavy atom. The summed E-state index contributed by atoms with van der Waals surface area (Å²) in [5.41, 5.74) is 1.78. The summed E-state index contributed by atoms with van der Waals surface area (Å²) >= 11 is 13.5. The van der Waals surface area contributed by atoms with Crippen molar-refractivity contribution in [2.75, 3.05) is 6.54 Å². The third-order valence-electron chi connectivity index (χ3n) is 2.79. The molecule has 1 N–H and O–H groups in total. The van der Waals surface area contributed by atoms with E-state index < -0.39 is 10.0 Å². The van der Waals surface area contributed by atoms with Crippen molar-refractivity contribution >= 4 is 44.6 Å². The Morgan fingerprint density at radius 3 is 2.65 bits per heavy atom. The minimum atomic E-state index is -3.62. The van der Waals surface area contributed by atoms with E-state index in [1.807, 2.05) is 16.8 Å². The lowest BCUT2D eigenvalue weighted by atomic mass is 10.2. The Balaban J connectivity index is 2.12. The third kappa shape index (κ3) is 3.74. The van der Waals surface area contributed by atoms with E-state index in [1.54, 1.807) is 18.3 Å². The van der Waals surface area contributed by atoms with Crippen LogP contribution < -0.4 is 4.72 Å². The van der Waals surface area contributed by atoms with Crippen molar-refractivity contribution in [3.05, 3.63) is 50.1 Å². The molecule has 0 aliphatic rings. The van der Waals surface area contributed by atoms with Gasteiger partial charge in [0, 0.05) is 11.6 Å². The number of halogens is 2. The first kappa shape index (κ1) is 15.8. The maximum atomic E-state index is 12.2. The van der Waals surface area contributed by atoms with Gasteiger partial charge in [-0.1, -0.05) is 23.2 Å². The van der Waals surface area contributed by atoms with Gasteiger partial charge >= 0.3 is 0 Å². The van der Waals surface area contributed by atoms with Crippen LogP contribution in [0.15, 0.2) is 33.9 Å². The molecule has 0 unspecified atom stereocenters. The lowest BCUT2D eigenvalue weighted by Gasteiger charge is -2.10. The minimum Gasteiger partial charge on any atom is -0.211 e. The summed E-state index contributed by atoms with van der Waals surface area (Å²) in [4.78, 5) is 0.0615. The summed E-state index contributed by atoms with van der Waals surface area (Å²) in [6.07, 6.45) is 0.646. The highest BCUT2D eigenvalue weighted by Gasteiger charge is 2.18. The van der Waals surface area contributed by atoms with E-state index in [9.17, 15) is 8.42 Å². The molecule has 0 atom stereocenters. The zero-order chi connectivity index (χ0) is 14.8. The van der Waals surface area contributed by atoms with Crippen molar-refractivity contribution in [1.29, 1.82) is 0 Å². The summed E-state index contributed by atoms with van der Waals surface area (Å²) in [5.74, 6) is 0. The van der Waals surface area contributed by atoms with Gasteiger partial charge in [0.2, 0.25) is 10.0 Å². The number of nitrogens with one attached hydrogen (secondary N) is 1. The Bertz CT molecular complexity index is 697. The molecule has 2 aromatic rings. The Morgan fingerprint density at radius 1 is 1.25 bits per heavy atom. The lowest BCUT2D eigenvalue weighted by molar-refractivity contribution is 0.581. The van der Waals surface area contributed by atoms with Crippen LogP contribution in [0.25, 0.3) is 0 Å². The van der Waals surface area contributed by atoms with Crippen LogP contribution in [0, 0.1) is 6.92 Å². The first-order chi connectivity index (χ1) is 9.40. The predicted octanol–water partition coefficient (Wildman–Crippen LogP) is 3.88. The maximum absolute atomic E-state index is 12.2. The molecule has 0 saturated heterocycles. The van der Waals surface area contributed by atoms with Crippen molar-refractivity contribution in [3.8, 4) is 0 Å². The molecule has 0 saturated carbocycles. The van der Waals surface area contributed by atoms with Gasteiger partial charge in [-0.05, 0) is 53.4 Å². The fraction of sp³-hybridized carbons (Fsp3) is 0.231. The number of sulfonamides is 1. The smallest absolute Gasteiger partial charge is 0.211 e. The Labute approximate surface area is 132 Å². The predicted molar refractivity (Wildman–Crippen MR) is 84.4 cm³/mol. The van der Waals surface area contributed by atoms with Gasteiger partial charge in [0.15, 0.2) is 0 Å². The largest absolute Gasteiger partial charge is 0.242 e. The molecule has 0 fully saturated rings. The van der Waals surface area contributed by atoms with Crippen molar-refractivity contribution in [2.24, 2.45) is 0 Å². The van der Waals surface area contributed by atoms with Crippen LogP contribution in [-0.4, -0.2) is 15.0 Å². The van der Waals surface area contributed by atoms with Gasteiger partial charge < -0.3 is 0 Å². The number of hydrogen-bond donors (Lipinski definition) is 1. The van der Waals surface area contributed by atoms with Crippen molar-refractivity contribution in [1.82, 2.24) is 4.72 Å². The summed E-state index contributed by atoms with van der Waals surface area (Å²) in [7, 11) is -3.62. The van der Waals surface area contributed by atoms with Gasteiger partial charge in [-0.3, -0.25) is 0 Å². The van der Waals surface area contributed by atoms with Gasteiger partial charge in [0.05, 0.1) is 5.02 Å². The van der Waals surface area contributed by atoms with Crippen LogP contribution in [0.1, 0.15) is 11.1 Å². The number of benzene rings is 1. The molecule has 2 rings (SSSR count). The topological polar surface area (TPSA) is 46.2 Å². The number of aryl methyl sites for hydroxylation is 1. The number of hydrogen-bond acceptors (Lipinski definition) is 3. The van der Waals surface area contributed by atoms with Crippen LogP contribution >= 0.6 is 34.5 Å². The fourth-order valence-corrected chi connectivity index (χ4v) is 4.24. The van der Waals surface area contributed by atoms with E-state index in [0.717, 1.165) is 5.56 Å². The Kier molecular flexibility index (Phi) is 5.09. The highest BCUT2D eigenvalue weighted by molar-refractivity contribution is 7.89. The normalized spacial score (nSPS) is 11.8. The highest BCUT2D eigenvalue weighted by atomic mass is 35.5. The average Bonchev–Trinajstić information content (AvgIpc) is 2.86. The highest BCUT2D eigenvalue weighted by Crippen LogP contribution is 2.28. The van der Waals surface area contributed by atoms with Crippen LogP contribution in [-0.2, 0) is 16.4 Å². The second-order valence-corrected chi connectivity index (χ2v) is 7.64. The molecule has 108 valence electrons. The summed E-state index contributed by atoms with van der Waals surface area (Å²) in [6.45, 7) is 2.07. The van der Waals surface area contributed by atoms with Gasteiger partial charge in [-0.25, -0.2) is 13.1 Å². The maximum Gasteiger partial charge on any atom is 0.242 e. The molecular formula is C13H13Cl2NO2S2. The molecule has 0 radical (unpaired) electrons. The van der Waals surface area contributed by atoms with Crippen LogP contribution in [0.3, 0.4) is 0 Å². The molecule has 7 heteroatoms. The summed E-state index contributed by atoms with van der Waals surface area (Å²) < 4.78 is 27.0. The van der Waals surface area contributed by atoms with E-state index >= 15 is 0 Å². The summed E-state index contributed by atoms with van der Waals surface area (Å²) in [6, 6.07) is 4.90. The average molecular weight is 350 g/mol. The zero-order valence-electron chi connectivity index (χ0n) is 10.7. The molecule has 0 aliphatic heterocycles. The van der Waals surface area contributed by atoms with Gasteiger partial charge in [0.1, 0.15) is 4.90 Å². The molecule has 0 aliphatic carbocycles. The Hall–Kier alpha value is -0.590. The summed E-state index contributed by atoms with van der Waals surface area (Å²) in [5, 5.41) is 4.53. The first-order valence-corrected chi connectivity index (χ1v) is 9.05. The van der Waals surface area contributed by atoms with Crippen LogP contribution in [0.4, 0.5) is 0 Å². The quantitative estimate of drug-likeness (QED) is 0.889. The monoisotopic (exact) mass is 349 g/mol. The van der Waals surface area contributed by atoms with E-state index in [-0.39, 0.29) is 9.92 Å². The first-order valence-electron chi connectivity index (χ1n) is 5.86. The standard InChI is InChI=1S/C13H13Cl2NO2S2/c1-9-6-13(12(15)7-11(9)14)20(17,18)16-4-2-10-3-5-19-8-10/h3,5-8,16H,2,4H2,1H3. The molecule has 0 bridgehead atoms. The number of rotatable bonds is 5. The van der Waals surface area contributed by atoms with Crippen LogP contribution in [0.2, 0.25) is 10.0 Å². The number of thiophene rings is 1. The van der Waals surface area contributed by atoms with E-state index in [1.165, 1.54) is 12.1 Å². The van der Waals surface area contributed by atoms with Crippen molar-refractivity contribution in [2.45, 2.75) is 18.2 Å². The molecule has 1 heterocycles. The third-order valence-corrected chi connectivity index (χ3v) is 5.85. The molecule has 0 spiro atoms. The molecular weight excluding hydrogens is 337 g/mol. The lowest BCUT2D eigenvalue weighted by Crippen LogP contribution is -2.26. The SMILES string of the molecule is Cc1cc(S(=O)(=O)NCCc2ccsc2)c(Cl)cc1Cl. The molecule has 1 aromatic carbocycles. The minimum absolute atomic E-state index is 0.0615.